The second-order valence-electron chi connectivity index (χ2n) is 7.03. The van der Waals surface area contributed by atoms with Gasteiger partial charge in [0.1, 0.15) is 11.9 Å². The van der Waals surface area contributed by atoms with Crippen molar-refractivity contribution in [2.24, 2.45) is 0 Å². The molecule has 1 saturated heterocycles. The van der Waals surface area contributed by atoms with Gasteiger partial charge in [-0.1, -0.05) is 12.1 Å². The van der Waals surface area contributed by atoms with Gasteiger partial charge in [-0.2, -0.15) is 0 Å². The fourth-order valence-corrected chi connectivity index (χ4v) is 3.46. The molecule has 0 saturated carbocycles. The fraction of sp³-hybridized carbons (Fsp3) is 0.333. The number of alkyl carbamates (subject to hydrolysis) is 1. The first kappa shape index (κ1) is 20.1. The van der Waals surface area contributed by atoms with Crippen LogP contribution in [0, 0.1) is 11.6 Å². The molecule has 2 atom stereocenters. The Morgan fingerprint density at radius 2 is 1.93 bits per heavy atom. The highest BCUT2D eigenvalue weighted by Gasteiger charge is 2.29. The molecule has 0 aliphatic carbocycles. The van der Waals surface area contributed by atoms with E-state index in [1.807, 2.05) is 0 Å². The molecule has 1 unspecified atom stereocenters. The van der Waals surface area contributed by atoms with Crippen molar-refractivity contribution < 1.29 is 32.6 Å². The number of carbonyl (C=O) groups excluding carboxylic acids is 2. The van der Waals surface area contributed by atoms with Crippen LogP contribution in [0.3, 0.4) is 0 Å². The Balaban J connectivity index is 1.49. The zero-order valence-corrected chi connectivity index (χ0v) is 16.0. The lowest BCUT2D eigenvalue weighted by atomic mass is 9.97. The minimum absolute atomic E-state index is 0.115. The normalized spacial score (nSPS) is 20.1. The van der Waals surface area contributed by atoms with Crippen molar-refractivity contribution in [1.29, 1.82) is 0 Å². The molecule has 2 aliphatic heterocycles. The first-order valence-corrected chi connectivity index (χ1v) is 9.58. The number of benzene rings is 2. The maximum absolute atomic E-state index is 13.4. The van der Waals surface area contributed by atoms with Gasteiger partial charge in [0.25, 0.3) is 5.91 Å². The fourth-order valence-electron chi connectivity index (χ4n) is 3.46. The molecular formula is C21H20F2N2O5. The Morgan fingerprint density at radius 1 is 1.07 bits per heavy atom. The molecule has 0 aromatic heterocycles. The van der Waals surface area contributed by atoms with Gasteiger partial charge in [0.2, 0.25) is 0 Å². The van der Waals surface area contributed by atoms with Crippen molar-refractivity contribution in [1.82, 2.24) is 5.32 Å². The number of hydrogen-bond donors (Lipinski definition) is 2. The zero-order chi connectivity index (χ0) is 21.1. The van der Waals surface area contributed by atoms with Crippen LogP contribution in [0.15, 0.2) is 36.4 Å². The summed E-state index contributed by atoms with van der Waals surface area (Å²) in [5.41, 5.74) is 0.976. The maximum Gasteiger partial charge on any atom is 0.407 e. The number of anilines is 1. The van der Waals surface area contributed by atoms with Crippen LogP contribution in [0.5, 0.6) is 5.75 Å². The van der Waals surface area contributed by atoms with Crippen molar-refractivity contribution in [3.8, 4) is 5.75 Å². The number of rotatable bonds is 4. The molecule has 7 nitrogen and oxygen atoms in total. The highest BCUT2D eigenvalue weighted by molar-refractivity contribution is 6.06. The highest BCUT2D eigenvalue weighted by atomic mass is 19.2. The molecule has 9 heteroatoms. The molecule has 4 rings (SSSR count). The summed E-state index contributed by atoms with van der Waals surface area (Å²) in [5, 5.41) is 5.34. The molecule has 2 N–H and O–H groups in total. The van der Waals surface area contributed by atoms with Crippen molar-refractivity contribution in [2.45, 2.75) is 25.0 Å². The molecule has 158 valence electrons. The summed E-state index contributed by atoms with van der Waals surface area (Å²) in [6, 6.07) is 7.69. The van der Waals surface area contributed by atoms with Gasteiger partial charge in [-0.25, -0.2) is 13.6 Å². The number of ether oxygens (including phenoxy) is 3. The van der Waals surface area contributed by atoms with Crippen LogP contribution in [0.25, 0.3) is 0 Å². The van der Waals surface area contributed by atoms with Crippen molar-refractivity contribution in [3.05, 3.63) is 59.2 Å². The summed E-state index contributed by atoms with van der Waals surface area (Å²) >= 11 is 0. The minimum Gasteiger partial charge on any atom is -0.492 e. The van der Waals surface area contributed by atoms with Gasteiger partial charge < -0.3 is 24.8 Å². The standard InChI is InChI=1S/C21H20F2N2O5/c22-16-5-4-12(10-17(16)23)24-20(26)15-3-1-2-14-18(7-9-29-19(14)15)25-21(27)30-13-6-8-28-11-13/h1-5,10,13,18H,6-9,11H2,(H,24,26)(H,25,27)/t13?,18-/m0/s1. The number of hydrogen-bond acceptors (Lipinski definition) is 5. The lowest BCUT2D eigenvalue weighted by Gasteiger charge is -2.28. The molecule has 30 heavy (non-hydrogen) atoms. The van der Waals surface area contributed by atoms with E-state index in [9.17, 15) is 18.4 Å². The van der Waals surface area contributed by atoms with Crippen LogP contribution in [-0.2, 0) is 9.47 Å². The highest BCUT2D eigenvalue weighted by Crippen LogP contribution is 2.35. The van der Waals surface area contributed by atoms with Crippen LogP contribution >= 0.6 is 0 Å². The van der Waals surface area contributed by atoms with Crippen molar-refractivity contribution in [3.63, 3.8) is 0 Å². The molecule has 2 aliphatic rings. The number of halogens is 2. The van der Waals surface area contributed by atoms with E-state index in [0.29, 0.717) is 44.0 Å². The average molecular weight is 418 g/mol. The molecule has 2 aromatic carbocycles. The van der Waals surface area contributed by atoms with Gasteiger partial charge in [0, 0.05) is 30.2 Å². The second kappa shape index (κ2) is 8.66. The van der Waals surface area contributed by atoms with Gasteiger partial charge in [-0.3, -0.25) is 4.79 Å². The molecule has 2 aromatic rings. The first-order chi connectivity index (χ1) is 14.5. The van der Waals surface area contributed by atoms with Gasteiger partial charge in [0.15, 0.2) is 11.6 Å². The smallest absolute Gasteiger partial charge is 0.407 e. The van der Waals surface area contributed by atoms with Crippen molar-refractivity contribution in [2.75, 3.05) is 25.1 Å². The summed E-state index contributed by atoms with van der Waals surface area (Å²) in [7, 11) is 0. The van der Waals surface area contributed by atoms with E-state index < -0.39 is 23.6 Å². The predicted octanol–water partition coefficient (Wildman–Crippen LogP) is 3.56. The first-order valence-electron chi connectivity index (χ1n) is 9.58. The number of carbonyl (C=O) groups is 2. The summed E-state index contributed by atoms with van der Waals surface area (Å²) < 4.78 is 42.7. The Bertz CT molecular complexity index is 962. The monoisotopic (exact) mass is 418 g/mol. The summed E-state index contributed by atoms with van der Waals surface area (Å²) in [6.07, 6.45) is 0.348. The topological polar surface area (TPSA) is 85.9 Å². The maximum atomic E-state index is 13.4. The summed E-state index contributed by atoms with van der Waals surface area (Å²) in [6.45, 7) is 1.24. The van der Waals surface area contributed by atoms with Gasteiger partial charge in [0.05, 0.1) is 31.4 Å². The minimum atomic E-state index is -1.06. The predicted molar refractivity (Wildman–Crippen MR) is 102 cm³/mol. The van der Waals surface area contributed by atoms with E-state index >= 15 is 0 Å². The molecule has 0 spiro atoms. The molecule has 2 heterocycles. The third-order valence-electron chi connectivity index (χ3n) is 4.95. The molecular weight excluding hydrogens is 398 g/mol. The summed E-state index contributed by atoms with van der Waals surface area (Å²) in [4.78, 5) is 24.9. The quantitative estimate of drug-likeness (QED) is 0.793. The van der Waals surface area contributed by atoms with Crippen LogP contribution < -0.4 is 15.4 Å². The van der Waals surface area contributed by atoms with Crippen LogP contribution in [-0.4, -0.2) is 37.9 Å². The van der Waals surface area contributed by atoms with E-state index in [0.717, 1.165) is 12.1 Å². The molecule has 1 fully saturated rings. The lowest BCUT2D eigenvalue weighted by Crippen LogP contribution is -2.35. The Morgan fingerprint density at radius 3 is 2.70 bits per heavy atom. The lowest BCUT2D eigenvalue weighted by molar-refractivity contribution is 0.0792. The zero-order valence-electron chi connectivity index (χ0n) is 16.0. The van der Waals surface area contributed by atoms with E-state index in [-0.39, 0.29) is 23.4 Å². The van der Waals surface area contributed by atoms with E-state index in [4.69, 9.17) is 14.2 Å². The Labute approximate surface area is 171 Å². The number of nitrogens with one attached hydrogen (secondary N) is 2. The molecule has 0 radical (unpaired) electrons. The third kappa shape index (κ3) is 4.35. The van der Waals surface area contributed by atoms with Gasteiger partial charge >= 0.3 is 6.09 Å². The van der Waals surface area contributed by atoms with Gasteiger partial charge in [-0.15, -0.1) is 0 Å². The second-order valence-corrected chi connectivity index (χ2v) is 7.03. The van der Waals surface area contributed by atoms with E-state index in [2.05, 4.69) is 10.6 Å². The Kier molecular flexibility index (Phi) is 5.80. The van der Waals surface area contributed by atoms with Crippen molar-refractivity contribution >= 4 is 17.7 Å². The van der Waals surface area contributed by atoms with E-state index in [1.165, 1.54) is 6.07 Å². The van der Waals surface area contributed by atoms with Crippen LogP contribution in [0.1, 0.15) is 34.8 Å². The average Bonchev–Trinajstić information content (AvgIpc) is 3.23. The third-order valence-corrected chi connectivity index (χ3v) is 4.95. The van der Waals surface area contributed by atoms with Gasteiger partial charge in [-0.05, 0) is 18.2 Å². The number of fused-ring (bicyclic) bond motifs is 1. The van der Waals surface area contributed by atoms with E-state index in [1.54, 1.807) is 18.2 Å². The summed E-state index contributed by atoms with van der Waals surface area (Å²) in [5.74, 6) is -2.27. The largest absolute Gasteiger partial charge is 0.492 e. The number of para-hydroxylation sites is 1. The molecule has 0 bridgehead atoms. The SMILES string of the molecule is O=C(N[C@H]1CCOc2c(C(=O)Nc3ccc(F)c(F)c3)cccc21)OC1CCOC1. The Hall–Kier alpha value is -3.20. The molecule has 2 amide bonds. The number of amides is 2. The van der Waals surface area contributed by atoms with Crippen LogP contribution in [0.2, 0.25) is 0 Å². The van der Waals surface area contributed by atoms with Crippen LogP contribution in [0.4, 0.5) is 19.3 Å².